The predicted octanol–water partition coefficient (Wildman–Crippen LogP) is 0.987. The molecule has 0 spiro atoms. The molecule has 1 rings (SSSR count). The van der Waals surface area contributed by atoms with Crippen LogP contribution in [0.4, 0.5) is 0 Å². The molecule has 1 aliphatic rings. The van der Waals surface area contributed by atoms with Crippen molar-refractivity contribution in [3.8, 4) is 0 Å². The zero-order valence-corrected chi connectivity index (χ0v) is 4.13. The van der Waals surface area contributed by atoms with Crippen molar-refractivity contribution in [2.45, 2.75) is 12.8 Å². The van der Waals surface area contributed by atoms with Crippen LogP contribution in [0.25, 0.3) is 0 Å². The second-order valence-corrected chi connectivity index (χ2v) is 1.47. The summed E-state index contributed by atoms with van der Waals surface area (Å²) in [4.78, 5) is 4.73. The van der Waals surface area contributed by atoms with Gasteiger partial charge in [0.1, 0.15) is 6.61 Å². The third-order valence-electron chi connectivity index (χ3n) is 0.847. The van der Waals surface area contributed by atoms with Crippen LogP contribution in [0, 0.1) is 6.42 Å². The summed E-state index contributed by atoms with van der Waals surface area (Å²) >= 11 is 0. The van der Waals surface area contributed by atoms with Gasteiger partial charge in [-0.1, -0.05) is 5.16 Å². The molecule has 0 amide bonds. The lowest BCUT2D eigenvalue weighted by Gasteiger charge is -1.88. The minimum Gasteiger partial charge on any atom is -0.396 e. The zero-order chi connectivity index (χ0) is 4.95. The van der Waals surface area contributed by atoms with E-state index in [1.807, 2.05) is 6.42 Å². The van der Waals surface area contributed by atoms with Crippen LogP contribution >= 0.6 is 0 Å². The van der Waals surface area contributed by atoms with Gasteiger partial charge in [0.05, 0.1) is 0 Å². The van der Waals surface area contributed by atoms with Crippen molar-refractivity contribution in [2.75, 3.05) is 6.61 Å². The van der Waals surface area contributed by atoms with E-state index in [4.69, 9.17) is 4.84 Å². The summed E-state index contributed by atoms with van der Waals surface area (Å²) < 4.78 is 0. The van der Waals surface area contributed by atoms with Crippen molar-refractivity contribution in [3.05, 3.63) is 6.42 Å². The highest BCUT2D eigenvalue weighted by Gasteiger charge is 1.90. The van der Waals surface area contributed by atoms with E-state index in [0.29, 0.717) is 0 Å². The molecule has 39 valence electrons. The van der Waals surface area contributed by atoms with Crippen molar-refractivity contribution >= 4 is 6.21 Å². The molecule has 0 fully saturated rings. The van der Waals surface area contributed by atoms with E-state index in [1.54, 1.807) is 6.21 Å². The van der Waals surface area contributed by atoms with Gasteiger partial charge in [-0.25, -0.2) is 0 Å². The summed E-state index contributed by atoms with van der Waals surface area (Å²) in [6.45, 7) is 0.771. The second-order valence-electron chi connectivity index (χ2n) is 1.47. The summed E-state index contributed by atoms with van der Waals surface area (Å²) in [6.07, 6.45) is 5.91. The van der Waals surface area contributed by atoms with Gasteiger partial charge in [0.25, 0.3) is 0 Å². The van der Waals surface area contributed by atoms with Gasteiger partial charge < -0.3 is 4.84 Å². The lowest BCUT2D eigenvalue weighted by molar-refractivity contribution is 0.147. The Labute approximate surface area is 43.2 Å². The molecule has 0 aromatic rings. The number of hydrogen-bond acceptors (Lipinski definition) is 2. The monoisotopic (exact) mass is 98.1 g/mol. The van der Waals surface area contributed by atoms with Crippen molar-refractivity contribution in [1.29, 1.82) is 0 Å². The average Bonchev–Trinajstić information content (AvgIpc) is 1.90. The third-order valence-corrected chi connectivity index (χ3v) is 0.847. The molecule has 0 aliphatic carbocycles. The molecule has 0 aromatic carbocycles. The maximum Gasteiger partial charge on any atom is 0.117 e. The Morgan fingerprint density at radius 1 is 1.57 bits per heavy atom. The van der Waals surface area contributed by atoms with Crippen LogP contribution in [0.5, 0.6) is 0 Å². The van der Waals surface area contributed by atoms with E-state index < -0.39 is 0 Å². The SMILES string of the molecule is [CH]1C=NOCCC1. The standard InChI is InChI=1S/C5H8NO/c1-2-4-6-7-5-3-1/h2,4H,1,3,5H2. The number of oxime groups is 1. The van der Waals surface area contributed by atoms with Gasteiger partial charge in [0.2, 0.25) is 0 Å². The first-order valence-corrected chi connectivity index (χ1v) is 2.47. The lowest BCUT2D eigenvalue weighted by atomic mass is 10.3. The molecule has 2 heteroatoms. The quantitative estimate of drug-likeness (QED) is 0.442. The zero-order valence-electron chi connectivity index (χ0n) is 4.13. The molecule has 1 heterocycles. The molecule has 0 saturated carbocycles. The molecule has 0 atom stereocenters. The van der Waals surface area contributed by atoms with E-state index >= 15 is 0 Å². The number of hydrogen-bond donors (Lipinski definition) is 0. The predicted molar refractivity (Wildman–Crippen MR) is 28.0 cm³/mol. The highest BCUT2D eigenvalue weighted by atomic mass is 16.6. The molecule has 7 heavy (non-hydrogen) atoms. The Kier molecular flexibility index (Phi) is 1.72. The van der Waals surface area contributed by atoms with E-state index in [-0.39, 0.29) is 0 Å². The van der Waals surface area contributed by atoms with Crippen LogP contribution in [-0.2, 0) is 4.84 Å². The maximum absolute atomic E-state index is 4.73. The van der Waals surface area contributed by atoms with Gasteiger partial charge in [-0.15, -0.1) is 0 Å². The van der Waals surface area contributed by atoms with Gasteiger partial charge in [-0.2, -0.15) is 0 Å². The summed E-state index contributed by atoms with van der Waals surface area (Å²) in [6, 6.07) is 0. The normalized spacial score (nSPS) is 20.6. The highest BCUT2D eigenvalue weighted by molar-refractivity contribution is 5.66. The first-order chi connectivity index (χ1) is 3.50. The maximum atomic E-state index is 4.73. The molecule has 0 saturated heterocycles. The molecular formula is C5H8NO. The van der Waals surface area contributed by atoms with Crippen LogP contribution in [0.3, 0.4) is 0 Å². The Bertz CT molecular complexity index is 62.5. The highest BCUT2D eigenvalue weighted by Crippen LogP contribution is 1.96. The summed E-state index contributed by atoms with van der Waals surface area (Å²) in [7, 11) is 0. The van der Waals surface area contributed by atoms with Crippen molar-refractivity contribution in [1.82, 2.24) is 0 Å². The third kappa shape index (κ3) is 1.57. The van der Waals surface area contributed by atoms with Crippen LogP contribution < -0.4 is 0 Å². The molecule has 1 aliphatic heterocycles. The fraction of sp³-hybridized carbons (Fsp3) is 0.600. The molecule has 0 bridgehead atoms. The minimum absolute atomic E-state index is 0.771. The van der Waals surface area contributed by atoms with Gasteiger partial charge in [-0.3, -0.25) is 0 Å². The fourth-order valence-corrected chi connectivity index (χ4v) is 0.479. The Morgan fingerprint density at radius 2 is 2.57 bits per heavy atom. The van der Waals surface area contributed by atoms with Crippen LogP contribution in [0.15, 0.2) is 5.16 Å². The second kappa shape index (κ2) is 2.61. The van der Waals surface area contributed by atoms with E-state index in [2.05, 4.69) is 5.16 Å². The Morgan fingerprint density at radius 3 is 3.57 bits per heavy atom. The average molecular weight is 98.1 g/mol. The minimum atomic E-state index is 0.771. The molecular weight excluding hydrogens is 90.1 g/mol. The number of rotatable bonds is 0. The van der Waals surface area contributed by atoms with Crippen molar-refractivity contribution < 1.29 is 4.84 Å². The van der Waals surface area contributed by atoms with E-state index in [9.17, 15) is 0 Å². The topological polar surface area (TPSA) is 21.6 Å². The Balaban J connectivity index is 2.20. The van der Waals surface area contributed by atoms with Gasteiger partial charge >= 0.3 is 0 Å². The number of nitrogens with zero attached hydrogens (tertiary/aromatic N) is 1. The first kappa shape index (κ1) is 4.62. The Hall–Kier alpha value is -0.530. The van der Waals surface area contributed by atoms with E-state index in [0.717, 1.165) is 19.4 Å². The van der Waals surface area contributed by atoms with Crippen LogP contribution in [0.1, 0.15) is 12.8 Å². The lowest BCUT2D eigenvalue weighted by Crippen LogP contribution is -1.81. The first-order valence-electron chi connectivity index (χ1n) is 2.47. The summed E-state index contributed by atoms with van der Waals surface area (Å²) in [5.74, 6) is 0. The van der Waals surface area contributed by atoms with Gasteiger partial charge in [0, 0.05) is 12.6 Å². The summed E-state index contributed by atoms with van der Waals surface area (Å²) in [5.41, 5.74) is 0. The van der Waals surface area contributed by atoms with Gasteiger partial charge in [0.15, 0.2) is 0 Å². The van der Waals surface area contributed by atoms with Crippen molar-refractivity contribution in [3.63, 3.8) is 0 Å². The molecule has 1 radical (unpaired) electrons. The van der Waals surface area contributed by atoms with Crippen LogP contribution in [0.2, 0.25) is 0 Å². The fourth-order valence-electron chi connectivity index (χ4n) is 0.479. The molecule has 2 nitrogen and oxygen atoms in total. The van der Waals surface area contributed by atoms with Crippen molar-refractivity contribution in [2.24, 2.45) is 5.16 Å². The molecule has 0 aromatic heterocycles. The molecule has 0 N–H and O–H groups in total. The largest absolute Gasteiger partial charge is 0.396 e. The smallest absolute Gasteiger partial charge is 0.117 e. The summed E-state index contributed by atoms with van der Waals surface area (Å²) in [5, 5.41) is 3.59. The van der Waals surface area contributed by atoms with Gasteiger partial charge in [-0.05, 0) is 12.8 Å². The van der Waals surface area contributed by atoms with Crippen LogP contribution in [-0.4, -0.2) is 12.8 Å². The van der Waals surface area contributed by atoms with E-state index in [1.165, 1.54) is 0 Å². The molecule has 0 unspecified atom stereocenters.